The first-order chi connectivity index (χ1) is 19.3. The summed E-state index contributed by atoms with van der Waals surface area (Å²) in [5.41, 5.74) is 6.34. The van der Waals surface area contributed by atoms with Crippen molar-refractivity contribution in [2.75, 3.05) is 11.9 Å². The number of anilines is 1. The van der Waals surface area contributed by atoms with Crippen LogP contribution in [0.3, 0.4) is 0 Å². The Kier molecular flexibility index (Phi) is 7.38. The molecule has 1 aliphatic heterocycles. The van der Waals surface area contributed by atoms with Crippen molar-refractivity contribution in [3.63, 3.8) is 0 Å². The second-order valence-corrected chi connectivity index (χ2v) is 9.42. The maximum absolute atomic E-state index is 13.0. The van der Waals surface area contributed by atoms with Gasteiger partial charge in [0.1, 0.15) is 29.4 Å². The van der Waals surface area contributed by atoms with Crippen molar-refractivity contribution in [3.05, 3.63) is 107 Å². The predicted molar refractivity (Wildman–Crippen MR) is 149 cm³/mol. The number of nitrogens with one attached hydrogen (secondary N) is 1. The quantitative estimate of drug-likeness (QED) is 0.247. The van der Waals surface area contributed by atoms with Crippen molar-refractivity contribution in [1.29, 1.82) is 5.26 Å². The standard InChI is InChI=1S/C32H26N2O6/c1-19-5-3-8-26(20(19)2)22-6-4-7-24(15-22)34-31(35)21-9-11-25(12-10-21)39-29-17-30-27(16-23(29)18-33)28(13-14-38-30)40-32(36)37/h3-12,15-17,28H,13-14H2,1-2H3,(H,34,35)(H,36,37). The number of carbonyl (C=O) groups is 2. The zero-order valence-electron chi connectivity index (χ0n) is 21.9. The highest BCUT2D eigenvalue weighted by Crippen LogP contribution is 2.40. The number of benzene rings is 4. The molecule has 0 fully saturated rings. The molecular formula is C32H26N2O6. The minimum absolute atomic E-state index is 0.203. The molecule has 0 aromatic heterocycles. The Hall–Kier alpha value is -5.29. The summed E-state index contributed by atoms with van der Waals surface area (Å²) >= 11 is 0. The van der Waals surface area contributed by atoms with Crippen LogP contribution in [0.2, 0.25) is 0 Å². The molecule has 1 atom stereocenters. The highest BCUT2D eigenvalue weighted by molar-refractivity contribution is 6.04. The molecule has 1 unspecified atom stereocenters. The Morgan fingerprint density at radius 3 is 2.55 bits per heavy atom. The summed E-state index contributed by atoms with van der Waals surface area (Å²) in [5, 5.41) is 21.6. The van der Waals surface area contributed by atoms with E-state index in [2.05, 4.69) is 37.4 Å². The van der Waals surface area contributed by atoms with Crippen LogP contribution < -0.4 is 14.8 Å². The Bertz CT molecular complexity index is 1640. The zero-order chi connectivity index (χ0) is 28.2. The minimum Gasteiger partial charge on any atom is -0.493 e. The molecule has 2 N–H and O–H groups in total. The summed E-state index contributed by atoms with van der Waals surface area (Å²) in [4.78, 5) is 24.0. The smallest absolute Gasteiger partial charge is 0.493 e. The molecule has 200 valence electrons. The molecule has 5 rings (SSSR count). The Labute approximate surface area is 231 Å². The molecule has 1 amide bonds. The van der Waals surface area contributed by atoms with E-state index in [9.17, 15) is 14.9 Å². The molecule has 1 aliphatic rings. The van der Waals surface area contributed by atoms with E-state index >= 15 is 0 Å². The van der Waals surface area contributed by atoms with Crippen LogP contribution in [-0.4, -0.2) is 23.8 Å². The van der Waals surface area contributed by atoms with E-state index in [1.165, 1.54) is 17.2 Å². The van der Waals surface area contributed by atoms with E-state index in [-0.39, 0.29) is 23.8 Å². The summed E-state index contributed by atoms with van der Waals surface area (Å²) < 4.78 is 16.5. The average Bonchev–Trinajstić information content (AvgIpc) is 2.94. The minimum atomic E-state index is -1.39. The van der Waals surface area contributed by atoms with E-state index < -0.39 is 12.3 Å². The predicted octanol–water partition coefficient (Wildman–Crippen LogP) is 7.40. The first-order valence-electron chi connectivity index (χ1n) is 12.7. The summed E-state index contributed by atoms with van der Waals surface area (Å²) in [6, 6.07) is 25.6. The fraction of sp³-hybridized carbons (Fsp3) is 0.156. The molecule has 0 spiro atoms. The Morgan fingerprint density at radius 2 is 1.80 bits per heavy atom. The molecular weight excluding hydrogens is 508 g/mol. The number of amides is 1. The molecule has 8 nitrogen and oxygen atoms in total. The van der Waals surface area contributed by atoms with Crippen LogP contribution in [0.4, 0.5) is 10.5 Å². The van der Waals surface area contributed by atoms with Crippen molar-refractivity contribution < 1.29 is 28.9 Å². The van der Waals surface area contributed by atoms with E-state index in [0.29, 0.717) is 34.7 Å². The molecule has 0 aliphatic carbocycles. The van der Waals surface area contributed by atoms with Crippen molar-refractivity contribution in [2.45, 2.75) is 26.4 Å². The van der Waals surface area contributed by atoms with Crippen LogP contribution in [0.1, 0.15) is 45.1 Å². The lowest BCUT2D eigenvalue weighted by molar-refractivity contribution is 0.0326. The third-order valence-electron chi connectivity index (χ3n) is 6.84. The normalized spacial score (nSPS) is 13.8. The molecule has 4 aromatic carbocycles. The highest BCUT2D eigenvalue weighted by Gasteiger charge is 2.27. The van der Waals surface area contributed by atoms with Gasteiger partial charge in [0.15, 0.2) is 0 Å². The van der Waals surface area contributed by atoms with Crippen LogP contribution in [0.5, 0.6) is 17.2 Å². The maximum Gasteiger partial charge on any atom is 0.506 e. The number of aryl methyl sites for hydroxylation is 1. The number of carboxylic acid groups (broad SMARTS) is 1. The number of hydrogen-bond donors (Lipinski definition) is 2. The fourth-order valence-electron chi connectivity index (χ4n) is 4.63. The lowest BCUT2D eigenvalue weighted by Gasteiger charge is -2.25. The van der Waals surface area contributed by atoms with E-state index in [0.717, 1.165) is 11.1 Å². The van der Waals surface area contributed by atoms with Gasteiger partial charge >= 0.3 is 6.16 Å². The lowest BCUT2D eigenvalue weighted by atomic mass is 9.97. The monoisotopic (exact) mass is 534 g/mol. The maximum atomic E-state index is 13.0. The van der Waals surface area contributed by atoms with Gasteiger partial charge in [-0.15, -0.1) is 0 Å². The number of rotatable bonds is 6. The highest BCUT2D eigenvalue weighted by atomic mass is 16.7. The van der Waals surface area contributed by atoms with Gasteiger partial charge in [-0.05, 0) is 78.6 Å². The number of fused-ring (bicyclic) bond motifs is 1. The SMILES string of the molecule is Cc1cccc(-c2cccc(NC(=O)c3ccc(Oc4cc5c(cc4C#N)C(OC(=O)O)CCO5)cc3)c2)c1C. The van der Waals surface area contributed by atoms with E-state index in [1.54, 1.807) is 30.3 Å². The number of ether oxygens (including phenoxy) is 3. The van der Waals surface area contributed by atoms with Gasteiger partial charge in [-0.25, -0.2) is 4.79 Å². The average molecular weight is 535 g/mol. The second kappa shape index (κ2) is 11.2. The van der Waals surface area contributed by atoms with Gasteiger partial charge in [-0.3, -0.25) is 4.79 Å². The van der Waals surface area contributed by atoms with Crippen molar-refractivity contribution in [1.82, 2.24) is 0 Å². The Balaban J connectivity index is 1.30. The van der Waals surface area contributed by atoms with Gasteiger partial charge in [0, 0.05) is 29.3 Å². The summed E-state index contributed by atoms with van der Waals surface area (Å²) in [7, 11) is 0. The second-order valence-electron chi connectivity index (χ2n) is 9.42. The van der Waals surface area contributed by atoms with Crippen molar-refractivity contribution in [3.8, 4) is 34.4 Å². The largest absolute Gasteiger partial charge is 0.506 e. The van der Waals surface area contributed by atoms with E-state index in [1.807, 2.05) is 30.3 Å². The van der Waals surface area contributed by atoms with Gasteiger partial charge in [-0.2, -0.15) is 5.26 Å². The third-order valence-corrected chi connectivity index (χ3v) is 6.84. The number of hydrogen-bond acceptors (Lipinski definition) is 6. The number of nitriles is 1. The molecule has 40 heavy (non-hydrogen) atoms. The van der Waals surface area contributed by atoms with Gasteiger partial charge in [0.25, 0.3) is 5.91 Å². The van der Waals surface area contributed by atoms with Crippen LogP contribution in [0.25, 0.3) is 11.1 Å². The molecule has 0 radical (unpaired) electrons. The topological polar surface area (TPSA) is 118 Å². The molecule has 0 saturated carbocycles. The fourth-order valence-corrected chi connectivity index (χ4v) is 4.63. The lowest BCUT2D eigenvalue weighted by Crippen LogP contribution is -2.19. The summed E-state index contributed by atoms with van der Waals surface area (Å²) in [5.74, 6) is 0.788. The van der Waals surface area contributed by atoms with Crippen LogP contribution in [-0.2, 0) is 4.74 Å². The van der Waals surface area contributed by atoms with Gasteiger partial charge in [0.2, 0.25) is 0 Å². The van der Waals surface area contributed by atoms with Gasteiger partial charge in [0.05, 0.1) is 12.2 Å². The molecule has 0 bridgehead atoms. The van der Waals surface area contributed by atoms with Gasteiger partial charge in [-0.1, -0.05) is 30.3 Å². The molecule has 0 saturated heterocycles. The molecule has 1 heterocycles. The summed E-state index contributed by atoms with van der Waals surface area (Å²) in [6.45, 7) is 4.43. The molecule has 8 heteroatoms. The van der Waals surface area contributed by atoms with Crippen LogP contribution >= 0.6 is 0 Å². The summed E-state index contributed by atoms with van der Waals surface area (Å²) in [6.07, 6.45) is -1.76. The Morgan fingerprint density at radius 1 is 1.02 bits per heavy atom. The zero-order valence-corrected chi connectivity index (χ0v) is 21.9. The molecule has 4 aromatic rings. The first kappa shape index (κ1) is 26.3. The number of carbonyl (C=O) groups excluding carboxylic acids is 1. The van der Waals surface area contributed by atoms with Crippen LogP contribution in [0, 0.1) is 25.2 Å². The van der Waals surface area contributed by atoms with Crippen molar-refractivity contribution in [2.24, 2.45) is 0 Å². The van der Waals surface area contributed by atoms with E-state index in [4.69, 9.17) is 19.3 Å². The van der Waals surface area contributed by atoms with Crippen LogP contribution in [0.15, 0.2) is 78.9 Å². The first-order valence-corrected chi connectivity index (χ1v) is 12.7. The third kappa shape index (κ3) is 5.59. The van der Waals surface area contributed by atoms with Gasteiger partial charge < -0.3 is 24.6 Å². The van der Waals surface area contributed by atoms with Crippen molar-refractivity contribution >= 4 is 17.7 Å². The number of nitrogens with zero attached hydrogens (tertiary/aromatic N) is 1.